The van der Waals surface area contributed by atoms with E-state index in [0.29, 0.717) is 33.0 Å². The normalized spacial score (nSPS) is 11.9. The summed E-state index contributed by atoms with van der Waals surface area (Å²) in [5.74, 6) is 3.50. The van der Waals surface area contributed by atoms with Gasteiger partial charge in [0.15, 0.2) is 0 Å². The van der Waals surface area contributed by atoms with E-state index in [-0.39, 0.29) is 0 Å². The zero-order valence-corrected chi connectivity index (χ0v) is 61.9. The summed E-state index contributed by atoms with van der Waals surface area (Å²) in [6.45, 7) is 9.99. The molecule has 0 unspecified atom stereocenters. The number of aliphatic hydroxyl groups excluding tert-OH is 1. The van der Waals surface area contributed by atoms with Crippen LogP contribution in [-0.4, -0.2) is 58.1 Å². The van der Waals surface area contributed by atoms with Crippen LogP contribution in [0.15, 0.2) is 121 Å². The summed E-state index contributed by atoms with van der Waals surface area (Å²) >= 11 is 0. The number of hydrogen-bond acceptors (Lipinski definition) is 7. The van der Waals surface area contributed by atoms with Crippen molar-refractivity contribution in [3.05, 3.63) is 144 Å². The fourth-order valence-corrected chi connectivity index (χ4v) is 14.3. The molecule has 5 heterocycles. The third-order valence-corrected chi connectivity index (χ3v) is 20.2. The molecule has 7 aromatic rings. The fourth-order valence-electron chi connectivity index (χ4n) is 14.3. The van der Waals surface area contributed by atoms with Gasteiger partial charge in [-0.05, 0) is 151 Å². The second-order valence-electron chi connectivity index (χ2n) is 28.4. The van der Waals surface area contributed by atoms with Crippen LogP contribution in [0, 0.1) is 0 Å². The monoisotopic (exact) mass is 1350 g/mol. The molecule has 8 bridgehead atoms. The van der Waals surface area contributed by atoms with Crippen molar-refractivity contribution in [1.29, 1.82) is 0 Å². The number of hydrogen-bond donors (Lipinski definition) is 3. The molecule has 100 heavy (non-hydrogen) atoms. The van der Waals surface area contributed by atoms with E-state index in [2.05, 4.69) is 176 Å². The molecule has 538 valence electrons. The van der Waals surface area contributed by atoms with Gasteiger partial charge in [-0.25, -0.2) is 9.97 Å². The number of unbranched alkanes of at least 4 members (excludes halogenated alkanes) is 35. The molecule has 0 saturated heterocycles. The lowest BCUT2D eigenvalue weighted by Gasteiger charge is -2.10. The van der Waals surface area contributed by atoms with Crippen molar-refractivity contribution in [1.82, 2.24) is 19.9 Å². The van der Waals surface area contributed by atoms with Gasteiger partial charge in [0.2, 0.25) is 0 Å². The summed E-state index contributed by atoms with van der Waals surface area (Å²) in [4.78, 5) is 19.3. The van der Waals surface area contributed by atoms with Crippen molar-refractivity contribution in [3.63, 3.8) is 0 Å². The third-order valence-electron chi connectivity index (χ3n) is 20.2. The van der Waals surface area contributed by atoms with E-state index in [1.165, 1.54) is 205 Å². The Morgan fingerprint density at radius 2 is 0.430 bits per heavy atom. The highest BCUT2D eigenvalue weighted by Crippen LogP contribution is 2.40. The number of aromatic amines is 2. The lowest BCUT2D eigenvalue weighted by Crippen LogP contribution is -1.97. The van der Waals surface area contributed by atoms with Gasteiger partial charge in [-0.1, -0.05) is 288 Å². The Hall–Kier alpha value is -7.36. The van der Waals surface area contributed by atoms with E-state index in [0.717, 1.165) is 157 Å². The quantitative estimate of drug-likeness (QED) is 0.0325. The van der Waals surface area contributed by atoms with Crippen LogP contribution >= 0.6 is 0 Å². The number of benzene rings is 4. The molecular weight excluding hydrogens is 1230 g/mol. The van der Waals surface area contributed by atoms with Crippen molar-refractivity contribution < 1.29 is 24.1 Å². The Bertz CT molecular complexity index is 3170. The van der Waals surface area contributed by atoms with E-state index in [9.17, 15) is 0 Å². The van der Waals surface area contributed by atoms with E-state index < -0.39 is 0 Å². The van der Waals surface area contributed by atoms with Crippen molar-refractivity contribution in [2.75, 3.05) is 33.0 Å². The second-order valence-corrected chi connectivity index (χ2v) is 28.4. The van der Waals surface area contributed by atoms with E-state index in [4.69, 9.17) is 34.0 Å². The highest BCUT2D eigenvalue weighted by molar-refractivity contribution is 6.00. The van der Waals surface area contributed by atoms with Crippen molar-refractivity contribution >= 4 is 46.4 Å². The van der Waals surface area contributed by atoms with Crippen LogP contribution < -0.4 is 18.9 Å². The SMILES string of the molecule is CCCCCCCCCCCCOc1ccc(-c2c3nc(c(-c4ccc(OCCCCCCCCCCCC)cc4)c4ccc([nH]4)c(-c4ccc(OCCCCCCCCCCCO)cc4)c4nc(c(-c5ccc(OCCCCCCCCCCCC)cc5)c5ccc2[nH]5)C=C4)C=C3)cc1. The molecule has 9 heteroatoms. The lowest BCUT2D eigenvalue weighted by atomic mass is 10.0. The zero-order chi connectivity index (χ0) is 69.3. The van der Waals surface area contributed by atoms with Gasteiger partial charge >= 0.3 is 0 Å². The molecule has 0 saturated carbocycles. The molecule has 0 fully saturated rings. The maximum absolute atomic E-state index is 9.13. The van der Waals surface area contributed by atoms with Crippen LogP contribution in [0.25, 0.3) is 90.9 Å². The molecule has 3 N–H and O–H groups in total. The van der Waals surface area contributed by atoms with Crippen molar-refractivity contribution in [2.45, 2.75) is 271 Å². The first kappa shape index (κ1) is 76.8. The summed E-state index contributed by atoms with van der Waals surface area (Å²) in [7, 11) is 0. The van der Waals surface area contributed by atoms with Gasteiger partial charge in [-0.3, -0.25) is 0 Å². The fraction of sp³-hybridized carbons (Fsp3) is 0.516. The summed E-state index contributed by atoms with van der Waals surface area (Å²) in [5, 5.41) is 9.13. The summed E-state index contributed by atoms with van der Waals surface area (Å²) in [5.41, 5.74) is 15.4. The minimum atomic E-state index is 0.304. The molecule has 9 rings (SSSR count). The number of nitrogens with one attached hydrogen (secondary N) is 2. The van der Waals surface area contributed by atoms with Gasteiger partial charge < -0.3 is 34.0 Å². The number of nitrogens with zero attached hydrogens (tertiary/aromatic N) is 2. The largest absolute Gasteiger partial charge is 0.494 e. The van der Waals surface area contributed by atoms with Crippen molar-refractivity contribution in [2.24, 2.45) is 0 Å². The number of H-pyrrole nitrogens is 2. The molecule has 2 aliphatic rings. The topological polar surface area (TPSA) is 115 Å². The van der Waals surface area contributed by atoms with Crippen molar-refractivity contribution in [3.8, 4) is 67.5 Å². The van der Waals surface area contributed by atoms with Crippen LogP contribution in [0.2, 0.25) is 0 Å². The highest BCUT2D eigenvalue weighted by atomic mass is 16.5. The number of fused-ring (bicyclic) bond motifs is 8. The zero-order valence-electron chi connectivity index (χ0n) is 61.9. The summed E-state index contributed by atoms with van der Waals surface area (Å²) in [6.07, 6.45) is 58.0. The van der Waals surface area contributed by atoms with Gasteiger partial charge in [0, 0.05) is 50.9 Å². The average molecular weight is 1350 g/mol. The first-order valence-electron chi connectivity index (χ1n) is 40.2. The van der Waals surface area contributed by atoms with Crippen LogP contribution in [0.4, 0.5) is 0 Å². The van der Waals surface area contributed by atoms with Crippen LogP contribution in [0.1, 0.15) is 294 Å². The second kappa shape index (κ2) is 45.5. The molecule has 2 aliphatic heterocycles. The Morgan fingerprint density at radius 1 is 0.240 bits per heavy atom. The van der Waals surface area contributed by atoms with Gasteiger partial charge in [-0.15, -0.1) is 0 Å². The number of ether oxygens (including phenoxy) is 4. The van der Waals surface area contributed by atoms with E-state index in [1.807, 2.05) is 0 Å². The Morgan fingerprint density at radius 3 is 0.630 bits per heavy atom. The number of aromatic nitrogens is 4. The standard InChI is InChI=1S/C91H124N4O5/c1-4-7-10-13-16-19-24-29-34-39-68-97-76-51-43-72(44-52-76)88-80-59-61-82(92-80)89(73-45-53-77(54-46-73)98-69-40-35-30-25-20-17-14-11-8-5-2)84-63-65-86(94-84)91(75-49-57-79(58-50-75)100-71-42-37-32-27-22-23-28-33-38-67-96)87-66-64-85(95-87)90(83-62-60-81(88)93-83)74-47-55-78(56-48-74)99-70-41-36-31-26-21-18-15-12-9-6-3/h43-66,92,95-96H,4-42,67-71H2,1-3H3. The minimum absolute atomic E-state index is 0.304. The molecule has 3 aromatic heterocycles. The van der Waals surface area contributed by atoms with Gasteiger partial charge in [0.1, 0.15) is 23.0 Å². The average Bonchev–Trinajstić information content (AvgIpc) is 1.61. The summed E-state index contributed by atoms with van der Waals surface area (Å²) < 4.78 is 25.7. The first-order valence-corrected chi connectivity index (χ1v) is 40.2. The number of rotatable bonds is 52. The first-order chi connectivity index (χ1) is 49.5. The molecule has 4 aromatic carbocycles. The maximum Gasteiger partial charge on any atom is 0.119 e. The maximum atomic E-state index is 9.13. The van der Waals surface area contributed by atoms with Gasteiger partial charge in [-0.2, -0.15) is 0 Å². The molecule has 0 radical (unpaired) electrons. The minimum Gasteiger partial charge on any atom is -0.494 e. The molecule has 0 atom stereocenters. The molecule has 0 amide bonds. The Labute approximate surface area is 602 Å². The molecular formula is C91H124N4O5. The third kappa shape index (κ3) is 25.6. The molecule has 9 nitrogen and oxygen atoms in total. The molecule has 0 aliphatic carbocycles. The smallest absolute Gasteiger partial charge is 0.119 e. The molecule has 0 spiro atoms. The van der Waals surface area contributed by atoms with Crippen LogP contribution in [-0.2, 0) is 0 Å². The van der Waals surface area contributed by atoms with Gasteiger partial charge in [0.05, 0.1) is 49.2 Å². The van der Waals surface area contributed by atoms with Crippen LogP contribution in [0.5, 0.6) is 23.0 Å². The summed E-state index contributed by atoms with van der Waals surface area (Å²) in [6, 6.07) is 43.3. The Balaban J connectivity index is 1.05. The van der Waals surface area contributed by atoms with E-state index in [1.54, 1.807) is 0 Å². The van der Waals surface area contributed by atoms with E-state index >= 15 is 0 Å². The lowest BCUT2D eigenvalue weighted by molar-refractivity contribution is 0.282. The van der Waals surface area contributed by atoms with Gasteiger partial charge in [0.25, 0.3) is 0 Å². The van der Waals surface area contributed by atoms with Crippen LogP contribution in [0.3, 0.4) is 0 Å². The number of aliphatic hydroxyl groups is 1. The highest BCUT2D eigenvalue weighted by Gasteiger charge is 2.20. The predicted octanol–water partition coefficient (Wildman–Crippen LogP) is 27.1. The predicted molar refractivity (Wildman–Crippen MR) is 427 cm³/mol. The Kier molecular flexibility index (Phi) is 34.9.